The molecule has 1 aromatic carbocycles. The quantitative estimate of drug-likeness (QED) is 0.746. The zero-order valence-electron chi connectivity index (χ0n) is 10.0. The molecule has 88 valence electrons. The first-order valence-corrected chi connectivity index (χ1v) is 5.31. The van der Waals surface area contributed by atoms with E-state index in [1.165, 1.54) is 0 Å². The van der Waals surface area contributed by atoms with Crippen LogP contribution < -0.4 is 11.1 Å². The van der Waals surface area contributed by atoms with E-state index in [2.05, 4.69) is 12.2 Å². The summed E-state index contributed by atoms with van der Waals surface area (Å²) in [6.45, 7) is 2.45. The summed E-state index contributed by atoms with van der Waals surface area (Å²) in [5.74, 6) is 0.0183. The third kappa shape index (κ3) is 3.24. The Kier molecular flexibility index (Phi) is 4.31. The fourth-order valence-electron chi connectivity index (χ4n) is 1.47. The van der Waals surface area contributed by atoms with Crippen molar-refractivity contribution in [2.75, 3.05) is 26.4 Å². The van der Waals surface area contributed by atoms with Gasteiger partial charge in [0.05, 0.1) is 6.54 Å². The maximum atomic E-state index is 11.2. The molecule has 0 spiro atoms. The summed E-state index contributed by atoms with van der Waals surface area (Å²) in [6.07, 6.45) is 0. The van der Waals surface area contributed by atoms with Gasteiger partial charge in [0.25, 0.3) is 0 Å². The van der Waals surface area contributed by atoms with Crippen molar-refractivity contribution >= 4 is 11.6 Å². The second-order valence-electron chi connectivity index (χ2n) is 3.93. The number of amides is 1. The zero-order valence-corrected chi connectivity index (χ0v) is 10.0. The van der Waals surface area contributed by atoms with Crippen molar-refractivity contribution < 1.29 is 4.79 Å². The molecular weight excluding hydrogens is 202 g/mol. The van der Waals surface area contributed by atoms with Gasteiger partial charge in [-0.25, -0.2) is 0 Å². The van der Waals surface area contributed by atoms with E-state index in [4.69, 9.17) is 5.73 Å². The van der Waals surface area contributed by atoms with Gasteiger partial charge in [-0.15, -0.1) is 0 Å². The smallest absolute Gasteiger partial charge is 0.233 e. The van der Waals surface area contributed by atoms with Crippen LogP contribution in [0.5, 0.6) is 0 Å². The minimum absolute atomic E-state index is 0.0183. The maximum Gasteiger partial charge on any atom is 0.233 e. The van der Waals surface area contributed by atoms with E-state index in [9.17, 15) is 4.79 Å². The van der Waals surface area contributed by atoms with E-state index in [0.29, 0.717) is 6.54 Å². The molecule has 1 amide bonds. The Morgan fingerprint density at radius 1 is 1.44 bits per heavy atom. The molecule has 1 atom stereocenters. The third-order valence-corrected chi connectivity index (χ3v) is 2.75. The van der Waals surface area contributed by atoms with Crippen molar-refractivity contribution in [3.8, 4) is 0 Å². The summed E-state index contributed by atoms with van der Waals surface area (Å²) in [4.78, 5) is 13.2. The molecule has 0 aliphatic carbocycles. The number of nitrogen functional groups attached to an aromatic ring is 1. The highest BCUT2D eigenvalue weighted by atomic mass is 16.1. The topological polar surface area (TPSA) is 58.4 Å². The van der Waals surface area contributed by atoms with E-state index in [1.54, 1.807) is 7.05 Å². The number of likely N-dealkylation sites (N-methyl/N-ethyl adjacent to an activating group) is 2. The molecule has 4 heteroatoms. The lowest BCUT2D eigenvalue weighted by molar-refractivity contribution is -0.121. The number of nitrogens with two attached hydrogens (primary N) is 1. The van der Waals surface area contributed by atoms with Gasteiger partial charge in [0.15, 0.2) is 0 Å². The number of rotatable bonds is 4. The summed E-state index contributed by atoms with van der Waals surface area (Å²) in [6, 6.07) is 7.91. The molecule has 0 saturated carbocycles. The van der Waals surface area contributed by atoms with Crippen LogP contribution in [-0.4, -0.2) is 31.4 Å². The first kappa shape index (κ1) is 12.5. The molecular formula is C12H19N3O. The minimum atomic E-state index is 0.0183. The highest BCUT2D eigenvalue weighted by Gasteiger charge is 2.13. The molecule has 0 radical (unpaired) electrons. The van der Waals surface area contributed by atoms with Crippen LogP contribution in [0.2, 0.25) is 0 Å². The summed E-state index contributed by atoms with van der Waals surface area (Å²) in [5, 5.41) is 2.61. The van der Waals surface area contributed by atoms with Crippen LogP contribution in [0.3, 0.4) is 0 Å². The number of carbonyl (C=O) groups excluding carboxylic acids is 1. The molecule has 1 aromatic rings. The number of anilines is 1. The molecule has 1 rings (SSSR count). The summed E-state index contributed by atoms with van der Waals surface area (Å²) in [7, 11) is 3.57. The number of nitrogens with one attached hydrogen (secondary N) is 1. The Bertz CT molecular complexity index is 348. The van der Waals surface area contributed by atoms with Crippen molar-refractivity contribution in [3.05, 3.63) is 29.8 Å². The van der Waals surface area contributed by atoms with E-state index in [-0.39, 0.29) is 11.9 Å². The van der Waals surface area contributed by atoms with Gasteiger partial charge in [0.1, 0.15) is 0 Å². The van der Waals surface area contributed by atoms with Gasteiger partial charge >= 0.3 is 0 Å². The molecule has 3 N–H and O–H groups in total. The maximum absolute atomic E-state index is 11.2. The number of hydrogen-bond acceptors (Lipinski definition) is 3. The van der Waals surface area contributed by atoms with E-state index < -0.39 is 0 Å². The fraction of sp³-hybridized carbons (Fsp3) is 0.417. The lowest BCUT2D eigenvalue weighted by Crippen LogP contribution is -2.34. The van der Waals surface area contributed by atoms with Crippen LogP contribution in [0.25, 0.3) is 0 Å². The van der Waals surface area contributed by atoms with Gasteiger partial charge < -0.3 is 11.1 Å². The molecule has 0 fully saturated rings. The van der Waals surface area contributed by atoms with Crippen molar-refractivity contribution in [1.82, 2.24) is 10.2 Å². The second-order valence-corrected chi connectivity index (χ2v) is 3.93. The highest BCUT2D eigenvalue weighted by molar-refractivity contribution is 5.77. The zero-order chi connectivity index (χ0) is 12.1. The normalized spacial score (nSPS) is 12.5. The molecule has 0 aromatic heterocycles. The third-order valence-electron chi connectivity index (χ3n) is 2.75. The summed E-state index contributed by atoms with van der Waals surface area (Å²) >= 11 is 0. The van der Waals surface area contributed by atoms with E-state index in [1.807, 2.05) is 36.2 Å². The van der Waals surface area contributed by atoms with Gasteiger partial charge in [-0.3, -0.25) is 9.69 Å². The van der Waals surface area contributed by atoms with Crippen molar-refractivity contribution in [1.29, 1.82) is 0 Å². The van der Waals surface area contributed by atoms with Gasteiger partial charge in [-0.1, -0.05) is 12.1 Å². The average Bonchev–Trinajstić information content (AvgIpc) is 2.28. The molecule has 0 aliphatic heterocycles. The molecule has 0 bridgehead atoms. The van der Waals surface area contributed by atoms with Crippen LogP contribution in [0, 0.1) is 0 Å². The Morgan fingerprint density at radius 3 is 2.50 bits per heavy atom. The first-order chi connectivity index (χ1) is 7.54. The largest absolute Gasteiger partial charge is 0.399 e. The van der Waals surface area contributed by atoms with Gasteiger partial charge in [-0.2, -0.15) is 0 Å². The molecule has 0 aliphatic rings. The van der Waals surface area contributed by atoms with Crippen LogP contribution in [0.15, 0.2) is 24.3 Å². The predicted molar refractivity (Wildman–Crippen MR) is 66.0 cm³/mol. The van der Waals surface area contributed by atoms with Crippen molar-refractivity contribution in [2.24, 2.45) is 0 Å². The lowest BCUT2D eigenvalue weighted by Gasteiger charge is -2.24. The molecule has 0 saturated heterocycles. The highest BCUT2D eigenvalue weighted by Crippen LogP contribution is 2.19. The Labute approximate surface area is 96.4 Å². The average molecular weight is 221 g/mol. The Balaban J connectivity index is 2.66. The molecule has 1 unspecified atom stereocenters. The molecule has 4 nitrogen and oxygen atoms in total. The van der Waals surface area contributed by atoms with Gasteiger partial charge in [0, 0.05) is 18.8 Å². The summed E-state index contributed by atoms with van der Waals surface area (Å²) < 4.78 is 0. The van der Waals surface area contributed by atoms with Crippen molar-refractivity contribution in [2.45, 2.75) is 13.0 Å². The Morgan fingerprint density at radius 2 is 2.00 bits per heavy atom. The monoisotopic (exact) mass is 221 g/mol. The fourth-order valence-corrected chi connectivity index (χ4v) is 1.47. The lowest BCUT2D eigenvalue weighted by atomic mass is 10.1. The molecule has 0 heterocycles. The van der Waals surface area contributed by atoms with Crippen LogP contribution in [0.4, 0.5) is 5.69 Å². The summed E-state index contributed by atoms with van der Waals surface area (Å²) in [5.41, 5.74) is 7.54. The number of benzene rings is 1. The first-order valence-electron chi connectivity index (χ1n) is 5.31. The minimum Gasteiger partial charge on any atom is -0.399 e. The number of nitrogens with zero attached hydrogens (tertiary/aromatic N) is 1. The second kappa shape index (κ2) is 5.51. The van der Waals surface area contributed by atoms with Gasteiger partial charge in [-0.05, 0) is 31.7 Å². The van der Waals surface area contributed by atoms with E-state index >= 15 is 0 Å². The molecule has 16 heavy (non-hydrogen) atoms. The van der Waals surface area contributed by atoms with E-state index in [0.717, 1.165) is 11.3 Å². The van der Waals surface area contributed by atoms with Crippen molar-refractivity contribution in [3.63, 3.8) is 0 Å². The SMILES string of the molecule is CNC(=O)CN(C)C(C)c1ccc(N)cc1. The van der Waals surface area contributed by atoms with Crippen LogP contribution >= 0.6 is 0 Å². The van der Waals surface area contributed by atoms with Crippen LogP contribution in [0.1, 0.15) is 18.5 Å². The number of carbonyl (C=O) groups is 1. The predicted octanol–water partition coefficient (Wildman–Crippen LogP) is 1.01. The van der Waals surface area contributed by atoms with Gasteiger partial charge in [0.2, 0.25) is 5.91 Å². The van der Waals surface area contributed by atoms with Crippen LogP contribution in [-0.2, 0) is 4.79 Å². The standard InChI is InChI=1S/C12H19N3O/c1-9(15(3)8-12(16)14-2)10-4-6-11(13)7-5-10/h4-7,9H,8,13H2,1-3H3,(H,14,16). The number of hydrogen-bond donors (Lipinski definition) is 2. The Hall–Kier alpha value is -1.55.